The van der Waals surface area contributed by atoms with Crippen LogP contribution in [0.25, 0.3) is 11.6 Å². The van der Waals surface area contributed by atoms with Gasteiger partial charge in [0, 0.05) is 44.9 Å². The summed E-state index contributed by atoms with van der Waals surface area (Å²) in [6.07, 6.45) is 4.37. The molecule has 3 aromatic rings. The van der Waals surface area contributed by atoms with E-state index >= 15 is 0 Å². The standard InChI is InChI=1S/C17H19N5O2/c1-11-12(8-21(2)20-11)9-22-6-5-14-13(10-22)17(23)19-16(18-14)15-4-3-7-24-15/h3-4,7-8H,5-6,9-10H2,1-2H3,(H,18,19,23). The van der Waals surface area contributed by atoms with Gasteiger partial charge in [-0.2, -0.15) is 5.10 Å². The summed E-state index contributed by atoms with van der Waals surface area (Å²) in [5.41, 5.74) is 3.75. The Labute approximate surface area is 138 Å². The van der Waals surface area contributed by atoms with Crippen LogP contribution in [0.4, 0.5) is 0 Å². The molecule has 0 radical (unpaired) electrons. The number of aryl methyl sites for hydroxylation is 2. The highest BCUT2D eigenvalue weighted by molar-refractivity contribution is 5.47. The van der Waals surface area contributed by atoms with Crippen LogP contribution >= 0.6 is 0 Å². The summed E-state index contributed by atoms with van der Waals surface area (Å²) in [6, 6.07) is 3.58. The van der Waals surface area contributed by atoms with Crippen molar-refractivity contribution in [3.8, 4) is 11.6 Å². The molecule has 124 valence electrons. The quantitative estimate of drug-likeness (QED) is 0.792. The first-order valence-corrected chi connectivity index (χ1v) is 7.97. The van der Waals surface area contributed by atoms with E-state index in [1.54, 1.807) is 18.4 Å². The Hall–Kier alpha value is -2.67. The zero-order chi connectivity index (χ0) is 16.7. The summed E-state index contributed by atoms with van der Waals surface area (Å²) in [5, 5.41) is 4.38. The molecule has 0 saturated carbocycles. The number of rotatable bonds is 3. The maximum atomic E-state index is 12.5. The molecule has 0 spiro atoms. The van der Waals surface area contributed by atoms with Crippen LogP contribution in [-0.2, 0) is 26.6 Å². The fourth-order valence-corrected chi connectivity index (χ4v) is 3.19. The van der Waals surface area contributed by atoms with E-state index in [2.05, 4.69) is 20.0 Å². The highest BCUT2D eigenvalue weighted by atomic mass is 16.3. The Morgan fingerprint density at radius 1 is 1.42 bits per heavy atom. The second-order valence-corrected chi connectivity index (χ2v) is 6.19. The summed E-state index contributed by atoms with van der Waals surface area (Å²) in [7, 11) is 1.92. The zero-order valence-corrected chi connectivity index (χ0v) is 13.7. The molecule has 4 rings (SSSR count). The van der Waals surface area contributed by atoms with Gasteiger partial charge in [-0.3, -0.25) is 14.4 Å². The van der Waals surface area contributed by atoms with Gasteiger partial charge in [-0.1, -0.05) is 0 Å². The molecular weight excluding hydrogens is 306 g/mol. The van der Waals surface area contributed by atoms with Crippen LogP contribution in [0, 0.1) is 6.92 Å². The molecule has 0 atom stereocenters. The normalized spacial score (nSPS) is 14.8. The summed E-state index contributed by atoms with van der Waals surface area (Å²) < 4.78 is 7.15. The van der Waals surface area contributed by atoms with E-state index in [0.29, 0.717) is 18.1 Å². The van der Waals surface area contributed by atoms with Gasteiger partial charge in [0.25, 0.3) is 5.56 Å². The van der Waals surface area contributed by atoms with Gasteiger partial charge < -0.3 is 9.40 Å². The molecule has 0 unspecified atom stereocenters. The van der Waals surface area contributed by atoms with Crippen LogP contribution in [0.2, 0.25) is 0 Å². The summed E-state index contributed by atoms with van der Waals surface area (Å²) in [4.78, 5) is 22.1. The predicted octanol–water partition coefficient (Wildman–Crippen LogP) is 1.63. The van der Waals surface area contributed by atoms with Crippen molar-refractivity contribution >= 4 is 0 Å². The van der Waals surface area contributed by atoms with E-state index in [1.807, 2.05) is 24.9 Å². The number of fused-ring (bicyclic) bond motifs is 1. The minimum atomic E-state index is -0.0843. The second-order valence-electron chi connectivity index (χ2n) is 6.19. The third kappa shape index (κ3) is 2.67. The van der Waals surface area contributed by atoms with E-state index in [9.17, 15) is 4.79 Å². The van der Waals surface area contributed by atoms with Gasteiger partial charge >= 0.3 is 0 Å². The van der Waals surface area contributed by atoms with Crippen molar-refractivity contribution in [1.82, 2.24) is 24.6 Å². The van der Waals surface area contributed by atoms with Crippen LogP contribution in [0.15, 0.2) is 33.8 Å². The minimum absolute atomic E-state index is 0.0843. The Morgan fingerprint density at radius 3 is 3.00 bits per heavy atom. The largest absolute Gasteiger partial charge is 0.461 e. The highest BCUT2D eigenvalue weighted by Crippen LogP contribution is 2.20. The van der Waals surface area contributed by atoms with E-state index in [4.69, 9.17) is 4.42 Å². The molecule has 24 heavy (non-hydrogen) atoms. The highest BCUT2D eigenvalue weighted by Gasteiger charge is 2.22. The minimum Gasteiger partial charge on any atom is -0.461 e. The summed E-state index contributed by atoms with van der Waals surface area (Å²) >= 11 is 0. The lowest BCUT2D eigenvalue weighted by atomic mass is 10.1. The van der Waals surface area contributed by atoms with Crippen molar-refractivity contribution in [3.63, 3.8) is 0 Å². The molecule has 4 heterocycles. The molecule has 7 nitrogen and oxygen atoms in total. The van der Waals surface area contributed by atoms with E-state index in [0.717, 1.165) is 36.5 Å². The van der Waals surface area contributed by atoms with Crippen LogP contribution in [0.3, 0.4) is 0 Å². The van der Waals surface area contributed by atoms with Crippen molar-refractivity contribution in [1.29, 1.82) is 0 Å². The average Bonchev–Trinajstić information content (AvgIpc) is 3.18. The van der Waals surface area contributed by atoms with Gasteiger partial charge in [-0.05, 0) is 19.1 Å². The zero-order valence-electron chi connectivity index (χ0n) is 13.7. The number of H-pyrrole nitrogens is 1. The maximum Gasteiger partial charge on any atom is 0.256 e. The third-order valence-corrected chi connectivity index (χ3v) is 4.41. The number of hydrogen-bond donors (Lipinski definition) is 1. The van der Waals surface area contributed by atoms with E-state index in [1.165, 1.54) is 5.56 Å². The smallest absolute Gasteiger partial charge is 0.256 e. The fourth-order valence-electron chi connectivity index (χ4n) is 3.19. The lowest BCUT2D eigenvalue weighted by molar-refractivity contribution is 0.241. The number of aromatic amines is 1. The summed E-state index contributed by atoms with van der Waals surface area (Å²) in [6.45, 7) is 4.27. The van der Waals surface area contributed by atoms with Gasteiger partial charge in [-0.25, -0.2) is 4.98 Å². The predicted molar refractivity (Wildman–Crippen MR) is 88.3 cm³/mol. The van der Waals surface area contributed by atoms with E-state index < -0.39 is 0 Å². The Balaban J connectivity index is 1.59. The first kappa shape index (κ1) is 14.9. The molecule has 7 heteroatoms. The number of nitrogens with zero attached hydrogens (tertiary/aromatic N) is 4. The first-order valence-electron chi connectivity index (χ1n) is 7.97. The number of aromatic nitrogens is 4. The Morgan fingerprint density at radius 2 is 2.29 bits per heavy atom. The lowest BCUT2D eigenvalue weighted by Gasteiger charge is -2.27. The molecule has 1 N–H and O–H groups in total. The van der Waals surface area contributed by atoms with Gasteiger partial charge in [-0.15, -0.1) is 0 Å². The SMILES string of the molecule is Cc1nn(C)cc1CN1CCc2nc(-c3ccco3)[nH]c(=O)c2C1. The fraction of sp³-hybridized carbons (Fsp3) is 0.353. The van der Waals surface area contributed by atoms with Crippen molar-refractivity contribution in [2.24, 2.45) is 7.05 Å². The van der Waals surface area contributed by atoms with Gasteiger partial charge in [0.05, 0.1) is 23.2 Å². The molecule has 0 amide bonds. The molecule has 0 aromatic carbocycles. The van der Waals surface area contributed by atoms with Gasteiger partial charge in [0.1, 0.15) is 0 Å². The lowest BCUT2D eigenvalue weighted by Crippen LogP contribution is -2.35. The van der Waals surface area contributed by atoms with Crippen molar-refractivity contribution in [2.45, 2.75) is 26.4 Å². The molecule has 0 saturated heterocycles. The molecule has 1 aliphatic heterocycles. The summed E-state index contributed by atoms with van der Waals surface area (Å²) in [5.74, 6) is 1.09. The molecule has 1 aliphatic rings. The van der Waals surface area contributed by atoms with Crippen LogP contribution in [0.5, 0.6) is 0 Å². The maximum absolute atomic E-state index is 12.5. The molecule has 0 fully saturated rings. The van der Waals surface area contributed by atoms with Crippen molar-refractivity contribution in [2.75, 3.05) is 6.54 Å². The number of nitrogens with one attached hydrogen (secondary N) is 1. The Kier molecular flexibility index (Phi) is 3.57. The van der Waals surface area contributed by atoms with Crippen molar-refractivity contribution in [3.05, 3.63) is 57.5 Å². The first-order chi connectivity index (χ1) is 11.6. The average molecular weight is 325 g/mol. The van der Waals surface area contributed by atoms with Crippen LogP contribution in [-0.4, -0.2) is 31.2 Å². The Bertz CT molecular complexity index is 923. The van der Waals surface area contributed by atoms with Gasteiger partial charge in [0.2, 0.25) is 0 Å². The third-order valence-electron chi connectivity index (χ3n) is 4.41. The monoisotopic (exact) mass is 325 g/mol. The molecule has 0 bridgehead atoms. The van der Waals surface area contributed by atoms with E-state index in [-0.39, 0.29) is 5.56 Å². The van der Waals surface area contributed by atoms with Crippen LogP contribution in [0.1, 0.15) is 22.5 Å². The molecule has 3 aromatic heterocycles. The van der Waals surface area contributed by atoms with Crippen molar-refractivity contribution < 1.29 is 4.42 Å². The topological polar surface area (TPSA) is 80.0 Å². The van der Waals surface area contributed by atoms with Gasteiger partial charge in [0.15, 0.2) is 11.6 Å². The molecular formula is C17H19N5O2. The van der Waals surface area contributed by atoms with Crippen LogP contribution < -0.4 is 5.56 Å². The number of furan rings is 1. The molecule has 0 aliphatic carbocycles. The number of hydrogen-bond acceptors (Lipinski definition) is 5. The second kappa shape index (κ2) is 5.76.